The smallest absolute Gasteiger partial charge is 0.0896 e. The third-order valence-corrected chi connectivity index (χ3v) is 5.13. The number of hydrogen-bond acceptors (Lipinski definition) is 1. The molecule has 0 bridgehead atoms. The molecule has 0 saturated heterocycles. The van der Waals surface area contributed by atoms with Crippen molar-refractivity contribution in [1.82, 2.24) is 0 Å². The maximum absolute atomic E-state index is 6.54. The standard InChI is InChI=1S/C17H24ClIO/c1-3-5-12-15(20-13-6-4-2)17(19)16(18)14-10-8-7-9-11-14/h7-11,15H,3-6,12-13H2,1-2H3. The van der Waals surface area contributed by atoms with Crippen LogP contribution in [-0.4, -0.2) is 12.7 Å². The van der Waals surface area contributed by atoms with E-state index in [2.05, 4.69) is 36.4 Å². The van der Waals surface area contributed by atoms with Gasteiger partial charge >= 0.3 is 0 Å². The van der Waals surface area contributed by atoms with E-state index in [1.807, 2.05) is 30.3 Å². The molecular formula is C17H24ClIO. The van der Waals surface area contributed by atoms with Crippen molar-refractivity contribution < 1.29 is 4.74 Å². The third-order valence-electron chi connectivity index (χ3n) is 3.16. The lowest BCUT2D eigenvalue weighted by atomic mass is 10.1. The van der Waals surface area contributed by atoms with Crippen molar-refractivity contribution in [3.05, 3.63) is 39.5 Å². The molecule has 1 atom stereocenters. The van der Waals surface area contributed by atoms with E-state index >= 15 is 0 Å². The minimum atomic E-state index is 0.134. The maximum Gasteiger partial charge on any atom is 0.0896 e. The van der Waals surface area contributed by atoms with E-state index in [-0.39, 0.29) is 6.10 Å². The highest BCUT2D eigenvalue weighted by molar-refractivity contribution is 14.1. The molecule has 3 heteroatoms. The van der Waals surface area contributed by atoms with Gasteiger partial charge in [0.1, 0.15) is 0 Å². The highest BCUT2D eigenvalue weighted by atomic mass is 127. The molecule has 20 heavy (non-hydrogen) atoms. The van der Waals surface area contributed by atoms with Crippen LogP contribution in [0.5, 0.6) is 0 Å². The zero-order chi connectivity index (χ0) is 14.8. The molecule has 1 aromatic rings. The van der Waals surface area contributed by atoms with Gasteiger partial charge in [0.05, 0.1) is 11.1 Å². The van der Waals surface area contributed by atoms with Crippen LogP contribution in [0.2, 0.25) is 0 Å². The predicted molar refractivity (Wildman–Crippen MR) is 97.4 cm³/mol. The Kier molecular flexibility index (Phi) is 9.57. The molecule has 1 aromatic carbocycles. The van der Waals surface area contributed by atoms with Gasteiger partial charge in [-0.3, -0.25) is 0 Å². The summed E-state index contributed by atoms with van der Waals surface area (Å²) >= 11 is 8.88. The zero-order valence-electron chi connectivity index (χ0n) is 12.4. The van der Waals surface area contributed by atoms with Crippen LogP contribution in [0, 0.1) is 0 Å². The topological polar surface area (TPSA) is 9.23 Å². The number of hydrogen-bond donors (Lipinski definition) is 0. The molecule has 0 radical (unpaired) electrons. The molecule has 0 saturated carbocycles. The lowest BCUT2D eigenvalue weighted by Crippen LogP contribution is -2.14. The molecule has 0 N–H and O–H groups in total. The first-order valence-electron chi connectivity index (χ1n) is 7.42. The maximum atomic E-state index is 6.54. The number of rotatable bonds is 9. The first-order valence-corrected chi connectivity index (χ1v) is 8.88. The Balaban J connectivity index is 2.81. The molecule has 0 aliphatic carbocycles. The van der Waals surface area contributed by atoms with E-state index in [1.54, 1.807) is 0 Å². The van der Waals surface area contributed by atoms with Crippen molar-refractivity contribution in [3.8, 4) is 0 Å². The molecular weight excluding hydrogens is 383 g/mol. The Hall–Kier alpha value is -0.0600. The second-order valence-electron chi connectivity index (χ2n) is 4.88. The van der Waals surface area contributed by atoms with Gasteiger partial charge in [-0.2, -0.15) is 0 Å². The minimum Gasteiger partial charge on any atom is -0.373 e. The normalized spacial score (nSPS) is 14.0. The van der Waals surface area contributed by atoms with E-state index < -0.39 is 0 Å². The number of unbranched alkanes of at least 4 members (excludes halogenated alkanes) is 2. The average molecular weight is 407 g/mol. The van der Waals surface area contributed by atoms with Crippen LogP contribution in [0.3, 0.4) is 0 Å². The Morgan fingerprint density at radius 3 is 2.40 bits per heavy atom. The van der Waals surface area contributed by atoms with Gasteiger partial charge in [-0.05, 0) is 41.0 Å². The van der Waals surface area contributed by atoms with E-state index in [9.17, 15) is 0 Å². The molecule has 1 nitrogen and oxygen atoms in total. The molecule has 0 aliphatic heterocycles. The minimum absolute atomic E-state index is 0.134. The van der Waals surface area contributed by atoms with Gasteiger partial charge < -0.3 is 4.74 Å². The molecule has 1 unspecified atom stereocenters. The number of halogens is 2. The van der Waals surface area contributed by atoms with Gasteiger partial charge in [-0.1, -0.05) is 75.0 Å². The van der Waals surface area contributed by atoms with Crippen molar-refractivity contribution in [2.24, 2.45) is 0 Å². The molecule has 0 aliphatic rings. The fraction of sp³-hybridized carbons (Fsp3) is 0.529. The van der Waals surface area contributed by atoms with Crippen molar-refractivity contribution in [1.29, 1.82) is 0 Å². The van der Waals surface area contributed by atoms with Crippen LogP contribution < -0.4 is 0 Å². The molecule has 0 amide bonds. The van der Waals surface area contributed by atoms with Gasteiger partial charge in [0.2, 0.25) is 0 Å². The fourth-order valence-corrected chi connectivity index (χ4v) is 2.96. The van der Waals surface area contributed by atoms with Gasteiger partial charge in [0.25, 0.3) is 0 Å². The van der Waals surface area contributed by atoms with Gasteiger partial charge in [0.15, 0.2) is 0 Å². The molecule has 0 aromatic heterocycles. The summed E-state index contributed by atoms with van der Waals surface area (Å²) in [4.78, 5) is 0. The summed E-state index contributed by atoms with van der Waals surface area (Å²) in [6.07, 6.45) is 5.79. The van der Waals surface area contributed by atoms with Crippen molar-refractivity contribution in [2.45, 2.75) is 52.1 Å². The monoisotopic (exact) mass is 406 g/mol. The molecule has 112 valence electrons. The van der Waals surface area contributed by atoms with E-state index in [0.29, 0.717) is 0 Å². The summed E-state index contributed by atoms with van der Waals surface area (Å²) in [5.74, 6) is 0. The number of ether oxygens (including phenoxy) is 1. The lowest BCUT2D eigenvalue weighted by molar-refractivity contribution is 0.0750. The first-order chi connectivity index (χ1) is 9.70. The van der Waals surface area contributed by atoms with E-state index in [4.69, 9.17) is 16.3 Å². The van der Waals surface area contributed by atoms with Crippen LogP contribution in [0.4, 0.5) is 0 Å². The van der Waals surface area contributed by atoms with Crippen molar-refractivity contribution >= 4 is 39.2 Å². The van der Waals surface area contributed by atoms with Crippen molar-refractivity contribution in [3.63, 3.8) is 0 Å². The van der Waals surface area contributed by atoms with Crippen LogP contribution in [-0.2, 0) is 4.74 Å². The SMILES string of the molecule is CCCCOC(CCCC)C(I)=C(Cl)c1ccccc1. The molecule has 0 spiro atoms. The summed E-state index contributed by atoms with van der Waals surface area (Å²) < 4.78 is 7.16. The van der Waals surface area contributed by atoms with Crippen LogP contribution in [0.1, 0.15) is 51.5 Å². The average Bonchev–Trinajstić information content (AvgIpc) is 2.50. The Morgan fingerprint density at radius 2 is 1.80 bits per heavy atom. The van der Waals surface area contributed by atoms with E-state index in [1.165, 1.54) is 12.8 Å². The van der Waals surface area contributed by atoms with Crippen molar-refractivity contribution in [2.75, 3.05) is 6.61 Å². The number of benzene rings is 1. The fourth-order valence-electron chi connectivity index (χ4n) is 1.91. The third kappa shape index (κ3) is 6.15. The molecule has 0 heterocycles. The van der Waals surface area contributed by atoms with E-state index in [0.717, 1.165) is 40.0 Å². The first kappa shape index (κ1) is 18.0. The highest BCUT2D eigenvalue weighted by Gasteiger charge is 2.16. The Bertz CT molecular complexity index is 403. The summed E-state index contributed by atoms with van der Waals surface area (Å²) in [6.45, 7) is 5.21. The van der Waals surface area contributed by atoms with Gasteiger partial charge in [-0.15, -0.1) is 0 Å². The van der Waals surface area contributed by atoms with Gasteiger partial charge in [-0.25, -0.2) is 0 Å². The summed E-state index contributed by atoms with van der Waals surface area (Å²) in [6, 6.07) is 10.1. The summed E-state index contributed by atoms with van der Waals surface area (Å²) in [7, 11) is 0. The quantitative estimate of drug-likeness (QED) is 0.340. The van der Waals surface area contributed by atoms with Crippen LogP contribution >= 0.6 is 34.2 Å². The zero-order valence-corrected chi connectivity index (χ0v) is 15.3. The highest BCUT2D eigenvalue weighted by Crippen LogP contribution is 2.32. The van der Waals surface area contributed by atoms with Crippen LogP contribution in [0.15, 0.2) is 33.9 Å². The van der Waals surface area contributed by atoms with Crippen LogP contribution in [0.25, 0.3) is 5.03 Å². The molecule has 1 rings (SSSR count). The largest absolute Gasteiger partial charge is 0.373 e. The lowest BCUT2D eigenvalue weighted by Gasteiger charge is -2.19. The molecule has 0 fully saturated rings. The summed E-state index contributed by atoms with van der Waals surface area (Å²) in [5.41, 5.74) is 1.07. The van der Waals surface area contributed by atoms with Gasteiger partial charge in [0, 0.05) is 10.2 Å². The second-order valence-corrected chi connectivity index (χ2v) is 6.42. The Labute approximate surface area is 141 Å². The summed E-state index contributed by atoms with van der Waals surface area (Å²) in [5, 5.41) is 0.823. The Morgan fingerprint density at radius 1 is 1.15 bits per heavy atom. The predicted octanol–water partition coefficient (Wildman–Crippen LogP) is 6.40. The second kappa shape index (κ2) is 10.6.